The average molecular weight is 703 g/mol. The van der Waals surface area contributed by atoms with Crippen LogP contribution in [0.5, 0.6) is 0 Å². The lowest BCUT2D eigenvalue weighted by Crippen LogP contribution is -2.30. The largest absolute Gasteiger partial charge is 0.462 e. The molecule has 50 heavy (non-hydrogen) atoms. The van der Waals surface area contributed by atoms with Crippen molar-refractivity contribution in [2.45, 2.75) is 213 Å². The molecule has 0 spiro atoms. The summed E-state index contributed by atoms with van der Waals surface area (Å²) in [7, 11) is 0. The van der Waals surface area contributed by atoms with Crippen LogP contribution in [0.25, 0.3) is 0 Å². The van der Waals surface area contributed by atoms with Gasteiger partial charge in [0.2, 0.25) is 0 Å². The zero-order chi connectivity index (χ0) is 36.6. The van der Waals surface area contributed by atoms with Crippen LogP contribution in [0.3, 0.4) is 0 Å². The molecule has 0 aromatic heterocycles. The molecule has 0 bridgehead atoms. The van der Waals surface area contributed by atoms with Gasteiger partial charge in [-0.25, -0.2) is 0 Å². The molecule has 6 heteroatoms. The van der Waals surface area contributed by atoms with Crippen molar-refractivity contribution in [1.82, 2.24) is 0 Å². The third kappa shape index (κ3) is 36.9. The topological polar surface area (TPSA) is 78.9 Å². The molecule has 0 rings (SSSR count). The highest BCUT2D eigenvalue weighted by atomic mass is 16.6. The molecule has 0 saturated carbocycles. The number of allylic oxidation sites excluding steroid dienone is 6. The van der Waals surface area contributed by atoms with Gasteiger partial charge in [-0.2, -0.15) is 0 Å². The van der Waals surface area contributed by atoms with Crippen LogP contribution in [0.15, 0.2) is 36.5 Å². The third-order valence-corrected chi connectivity index (χ3v) is 8.90. The molecular weight excluding hydrogens is 624 g/mol. The quantitative estimate of drug-likeness (QED) is 0.0211. The van der Waals surface area contributed by atoms with E-state index in [1.165, 1.54) is 77.0 Å². The summed E-state index contributed by atoms with van der Waals surface area (Å²) in [6.45, 7) is 6.48. The molecular formula is C44H78O6. The van der Waals surface area contributed by atoms with Gasteiger partial charge in [0, 0.05) is 19.3 Å². The van der Waals surface area contributed by atoms with Crippen LogP contribution in [0.4, 0.5) is 0 Å². The van der Waals surface area contributed by atoms with Crippen molar-refractivity contribution in [1.29, 1.82) is 0 Å². The Kier molecular flexibility index (Phi) is 37.5. The van der Waals surface area contributed by atoms with E-state index in [-0.39, 0.29) is 31.1 Å². The summed E-state index contributed by atoms with van der Waals surface area (Å²) in [5, 5.41) is 0. The third-order valence-electron chi connectivity index (χ3n) is 8.90. The molecule has 0 aliphatic rings. The first-order valence-corrected chi connectivity index (χ1v) is 21.0. The van der Waals surface area contributed by atoms with Gasteiger partial charge >= 0.3 is 17.9 Å². The lowest BCUT2D eigenvalue weighted by molar-refractivity contribution is -0.167. The van der Waals surface area contributed by atoms with Gasteiger partial charge in [0.05, 0.1) is 0 Å². The van der Waals surface area contributed by atoms with Crippen LogP contribution in [0.1, 0.15) is 207 Å². The normalized spacial score (nSPS) is 12.3. The number of ether oxygens (including phenoxy) is 3. The maximum atomic E-state index is 12.6. The van der Waals surface area contributed by atoms with E-state index in [0.29, 0.717) is 19.3 Å². The first-order valence-electron chi connectivity index (χ1n) is 21.0. The summed E-state index contributed by atoms with van der Waals surface area (Å²) in [5.74, 6) is -0.930. The van der Waals surface area contributed by atoms with E-state index in [1.54, 1.807) is 0 Å². The molecule has 0 heterocycles. The number of rotatable bonds is 37. The second kappa shape index (κ2) is 39.4. The molecule has 290 valence electrons. The molecule has 0 fully saturated rings. The summed E-state index contributed by atoms with van der Waals surface area (Å²) in [6, 6.07) is 0. The summed E-state index contributed by atoms with van der Waals surface area (Å²) >= 11 is 0. The van der Waals surface area contributed by atoms with E-state index < -0.39 is 6.10 Å². The summed E-state index contributed by atoms with van der Waals surface area (Å²) in [6.07, 6.45) is 42.7. The van der Waals surface area contributed by atoms with E-state index in [0.717, 1.165) is 89.9 Å². The second-order valence-electron chi connectivity index (χ2n) is 13.9. The fourth-order valence-corrected chi connectivity index (χ4v) is 5.63. The Hall–Kier alpha value is -2.37. The molecule has 0 aromatic carbocycles. The highest BCUT2D eigenvalue weighted by Crippen LogP contribution is 2.14. The molecule has 0 N–H and O–H groups in total. The first kappa shape index (κ1) is 47.6. The molecule has 0 amide bonds. The first-order chi connectivity index (χ1) is 24.5. The van der Waals surface area contributed by atoms with Crippen LogP contribution < -0.4 is 0 Å². The Bertz CT molecular complexity index is 861. The van der Waals surface area contributed by atoms with Crippen molar-refractivity contribution in [2.75, 3.05) is 13.2 Å². The van der Waals surface area contributed by atoms with Crippen LogP contribution in [0.2, 0.25) is 0 Å². The smallest absolute Gasteiger partial charge is 0.306 e. The fraction of sp³-hybridized carbons (Fsp3) is 0.795. The van der Waals surface area contributed by atoms with E-state index in [4.69, 9.17) is 14.2 Å². The van der Waals surface area contributed by atoms with Crippen molar-refractivity contribution in [3.05, 3.63) is 36.5 Å². The van der Waals surface area contributed by atoms with Gasteiger partial charge in [-0.1, -0.05) is 166 Å². The van der Waals surface area contributed by atoms with E-state index in [1.807, 2.05) is 0 Å². The van der Waals surface area contributed by atoms with Crippen LogP contribution >= 0.6 is 0 Å². The van der Waals surface area contributed by atoms with Crippen molar-refractivity contribution in [3.63, 3.8) is 0 Å². The molecule has 0 saturated heterocycles. The molecule has 0 aliphatic carbocycles. The van der Waals surface area contributed by atoms with Gasteiger partial charge in [0.15, 0.2) is 6.10 Å². The Morgan fingerprint density at radius 1 is 0.400 bits per heavy atom. The van der Waals surface area contributed by atoms with Crippen LogP contribution in [-0.2, 0) is 28.6 Å². The number of unbranched alkanes of at least 4 members (excludes halogenated alkanes) is 21. The number of hydrogen-bond acceptors (Lipinski definition) is 6. The molecule has 1 unspecified atom stereocenters. The predicted octanol–water partition coefficient (Wildman–Crippen LogP) is 13.0. The maximum Gasteiger partial charge on any atom is 0.306 e. The number of hydrogen-bond donors (Lipinski definition) is 0. The number of carbonyl (C=O) groups excluding carboxylic acids is 3. The fourth-order valence-electron chi connectivity index (χ4n) is 5.63. The van der Waals surface area contributed by atoms with E-state index in [2.05, 4.69) is 57.2 Å². The molecule has 0 aromatic rings. The Labute approximate surface area is 308 Å². The van der Waals surface area contributed by atoms with Gasteiger partial charge in [-0.05, 0) is 57.8 Å². The standard InChI is InChI=1S/C44H78O6/c1-4-7-10-13-16-19-22-25-28-31-34-37-43(46)49-40-41(39-48-42(45)36-33-30-27-24-21-18-15-12-9-6-3)50-44(47)38-35-32-29-26-23-20-17-14-11-8-5-2/h13,15-16,18-19,22,41H,4-12,14,17,20-21,23-40H2,1-3H3/b16-13-,18-15-,22-19-. The second-order valence-corrected chi connectivity index (χ2v) is 13.9. The molecule has 1 atom stereocenters. The van der Waals surface area contributed by atoms with Crippen LogP contribution in [0, 0.1) is 0 Å². The summed E-state index contributed by atoms with van der Waals surface area (Å²) in [4.78, 5) is 37.5. The highest BCUT2D eigenvalue weighted by Gasteiger charge is 2.19. The van der Waals surface area contributed by atoms with Gasteiger partial charge in [-0.3, -0.25) is 14.4 Å². The van der Waals surface area contributed by atoms with Gasteiger partial charge in [0.25, 0.3) is 0 Å². The SMILES string of the molecule is CCCC/C=C\C=C/CCCCCC(=O)OCC(COC(=O)CCCCCC/C=C\CCCC)OC(=O)CCCCCCCCCCCCC. The Morgan fingerprint density at radius 2 is 0.740 bits per heavy atom. The average Bonchev–Trinajstić information content (AvgIpc) is 3.11. The summed E-state index contributed by atoms with van der Waals surface area (Å²) in [5.41, 5.74) is 0. The van der Waals surface area contributed by atoms with Crippen molar-refractivity contribution >= 4 is 17.9 Å². The van der Waals surface area contributed by atoms with Crippen LogP contribution in [-0.4, -0.2) is 37.2 Å². The lowest BCUT2D eigenvalue weighted by atomic mass is 10.1. The molecule has 6 nitrogen and oxygen atoms in total. The van der Waals surface area contributed by atoms with Gasteiger partial charge in [-0.15, -0.1) is 0 Å². The van der Waals surface area contributed by atoms with Crippen molar-refractivity contribution in [3.8, 4) is 0 Å². The lowest BCUT2D eigenvalue weighted by Gasteiger charge is -2.18. The molecule has 0 aliphatic heterocycles. The number of carbonyl (C=O) groups is 3. The minimum absolute atomic E-state index is 0.0854. The van der Waals surface area contributed by atoms with E-state index in [9.17, 15) is 14.4 Å². The van der Waals surface area contributed by atoms with Gasteiger partial charge < -0.3 is 14.2 Å². The van der Waals surface area contributed by atoms with Gasteiger partial charge in [0.1, 0.15) is 13.2 Å². The Morgan fingerprint density at radius 3 is 1.22 bits per heavy atom. The zero-order valence-electron chi connectivity index (χ0n) is 32.9. The monoisotopic (exact) mass is 703 g/mol. The number of esters is 3. The minimum Gasteiger partial charge on any atom is -0.462 e. The van der Waals surface area contributed by atoms with Crippen molar-refractivity contribution < 1.29 is 28.6 Å². The summed E-state index contributed by atoms with van der Waals surface area (Å²) < 4.78 is 16.6. The predicted molar refractivity (Wildman–Crippen MR) is 210 cm³/mol. The van der Waals surface area contributed by atoms with E-state index >= 15 is 0 Å². The zero-order valence-corrected chi connectivity index (χ0v) is 32.9. The Balaban J connectivity index is 4.43. The van der Waals surface area contributed by atoms with Crippen molar-refractivity contribution in [2.24, 2.45) is 0 Å². The maximum absolute atomic E-state index is 12.6. The highest BCUT2D eigenvalue weighted by molar-refractivity contribution is 5.71. The minimum atomic E-state index is -0.780. The molecule has 0 radical (unpaired) electrons.